The van der Waals surface area contributed by atoms with Gasteiger partial charge in [0.25, 0.3) is 5.91 Å². The summed E-state index contributed by atoms with van der Waals surface area (Å²) in [4.78, 5) is 34.0. The van der Waals surface area contributed by atoms with Gasteiger partial charge >= 0.3 is 12.0 Å². The van der Waals surface area contributed by atoms with Gasteiger partial charge in [0.15, 0.2) is 0 Å². The predicted molar refractivity (Wildman–Crippen MR) is 74.6 cm³/mol. The zero-order chi connectivity index (χ0) is 15.3. The van der Waals surface area contributed by atoms with Crippen LogP contribution in [0.1, 0.15) is 13.8 Å². The molecule has 20 heavy (non-hydrogen) atoms. The molecule has 0 unspecified atom stereocenters. The van der Waals surface area contributed by atoms with Crippen LogP contribution in [0.3, 0.4) is 0 Å². The van der Waals surface area contributed by atoms with Crippen LogP contribution in [-0.4, -0.2) is 23.0 Å². The quantitative estimate of drug-likeness (QED) is 0.746. The maximum atomic E-state index is 11.6. The Labute approximate surface area is 120 Å². The van der Waals surface area contributed by atoms with E-state index in [1.54, 1.807) is 24.3 Å². The van der Waals surface area contributed by atoms with Crippen LogP contribution in [0.4, 0.5) is 10.5 Å². The van der Waals surface area contributed by atoms with Crippen LogP contribution in [0.2, 0.25) is 5.02 Å². The summed E-state index contributed by atoms with van der Waals surface area (Å²) in [7, 11) is 0. The van der Waals surface area contributed by atoms with Crippen molar-refractivity contribution < 1.29 is 19.5 Å². The highest BCUT2D eigenvalue weighted by atomic mass is 35.5. The van der Waals surface area contributed by atoms with Gasteiger partial charge in [0, 0.05) is 11.1 Å². The summed E-state index contributed by atoms with van der Waals surface area (Å²) >= 11 is 5.84. The maximum absolute atomic E-state index is 11.6. The zero-order valence-electron chi connectivity index (χ0n) is 10.9. The Bertz CT molecular complexity index is 596. The second kappa shape index (κ2) is 6.72. The Morgan fingerprint density at radius 2 is 1.70 bits per heavy atom. The number of amides is 3. The SMILES string of the molecule is CC(C(=O)O)=C(C)C(=O)NC(=O)Nc1ccccc1Cl. The first-order valence-electron chi connectivity index (χ1n) is 5.60. The smallest absolute Gasteiger partial charge is 0.331 e. The van der Waals surface area contributed by atoms with Crippen LogP contribution in [0, 0.1) is 0 Å². The highest BCUT2D eigenvalue weighted by Crippen LogP contribution is 2.20. The molecule has 6 nitrogen and oxygen atoms in total. The standard InChI is InChI=1S/C13H13ClN2O4/c1-7(8(2)12(18)19)11(17)16-13(20)15-10-6-4-3-5-9(10)14/h3-6H,1-2H3,(H,18,19)(H2,15,16,17,20). The van der Waals surface area contributed by atoms with Crippen LogP contribution in [0.5, 0.6) is 0 Å². The number of rotatable bonds is 3. The number of carboxylic acid groups (broad SMARTS) is 1. The zero-order valence-corrected chi connectivity index (χ0v) is 11.6. The van der Waals surface area contributed by atoms with E-state index in [0.717, 1.165) is 0 Å². The van der Waals surface area contributed by atoms with E-state index in [-0.39, 0.29) is 11.1 Å². The first kappa shape index (κ1) is 15.7. The van der Waals surface area contributed by atoms with Crippen molar-refractivity contribution in [3.63, 3.8) is 0 Å². The highest BCUT2D eigenvalue weighted by molar-refractivity contribution is 6.33. The van der Waals surface area contributed by atoms with Crippen molar-refractivity contribution in [3.8, 4) is 0 Å². The van der Waals surface area contributed by atoms with Crippen molar-refractivity contribution in [1.82, 2.24) is 5.32 Å². The summed E-state index contributed by atoms with van der Waals surface area (Å²) in [6, 6.07) is 5.72. The number of hydrogen-bond donors (Lipinski definition) is 3. The van der Waals surface area contributed by atoms with Gasteiger partial charge in [-0.15, -0.1) is 0 Å². The molecule has 3 N–H and O–H groups in total. The first-order chi connectivity index (χ1) is 9.32. The lowest BCUT2D eigenvalue weighted by Crippen LogP contribution is -2.35. The number of imide groups is 1. The second-order valence-electron chi connectivity index (χ2n) is 3.94. The van der Waals surface area contributed by atoms with E-state index in [0.29, 0.717) is 10.7 Å². The number of carbonyl (C=O) groups excluding carboxylic acids is 2. The van der Waals surface area contributed by atoms with Crippen LogP contribution in [0.15, 0.2) is 35.4 Å². The van der Waals surface area contributed by atoms with Gasteiger partial charge in [-0.05, 0) is 26.0 Å². The second-order valence-corrected chi connectivity index (χ2v) is 4.35. The minimum atomic E-state index is -1.22. The molecule has 0 spiro atoms. The molecule has 0 aliphatic carbocycles. The third-order valence-corrected chi connectivity index (χ3v) is 2.90. The average Bonchev–Trinajstić information content (AvgIpc) is 2.39. The summed E-state index contributed by atoms with van der Waals surface area (Å²) in [5.41, 5.74) is 0.163. The van der Waals surface area contributed by atoms with Gasteiger partial charge in [-0.3, -0.25) is 10.1 Å². The molecule has 1 aromatic rings. The van der Waals surface area contributed by atoms with Crippen molar-refractivity contribution in [1.29, 1.82) is 0 Å². The lowest BCUT2D eigenvalue weighted by atomic mass is 10.1. The van der Waals surface area contributed by atoms with Crippen LogP contribution < -0.4 is 10.6 Å². The Hall–Kier alpha value is -2.34. The molecule has 0 saturated carbocycles. The minimum absolute atomic E-state index is 0.0493. The van der Waals surface area contributed by atoms with Gasteiger partial charge in [-0.1, -0.05) is 23.7 Å². The van der Waals surface area contributed by atoms with Gasteiger partial charge in [0.1, 0.15) is 0 Å². The van der Waals surface area contributed by atoms with Crippen LogP contribution in [-0.2, 0) is 9.59 Å². The molecule has 106 valence electrons. The third kappa shape index (κ3) is 4.10. The summed E-state index contributed by atoms with van der Waals surface area (Å²) < 4.78 is 0. The van der Waals surface area contributed by atoms with Gasteiger partial charge in [0.05, 0.1) is 10.7 Å². The molecule has 0 aliphatic heterocycles. The number of para-hydroxylation sites is 1. The summed E-state index contributed by atoms with van der Waals surface area (Å²) in [5.74, 6) is -2.00. The molecular weight excluding hydrogens is 284 g/mol. The largest absolute Gasteiger partial charge is 0.478 e. The Morgan fingerprint density at radius 3 is 2.25 bits per heavy atom. The van der Waals surface area contributed by atoms with Crippen LogP contribution in [0.25, 0.3) is 0 Å². The fourth-order valence-electron chi connectivity index (χ4n) is 1.24. The molecule has 7 heteroatoms. The lowest BCUT2D eigenvalue weighted by Gasteiger charge is -2.08. The van der Waals surface area contributed by atoms with E-state index in [4.69, 9.17) is 16.7 Å². The molecule has 0 saturated heterocycles. The van der Waals surface area contributed by atoms with E-state index in [1.807, 2.05) is 5.32 Å². The molecule has 0 radical (unpaired) electrons. The van der Waals surface area contributed by atoms with Gasteiger partial charge in [-0.2, -0.15) is 0 Å². The number of anilines is 1. The highest BCUT2D eigenvalue weighted by Gasteiger charge is 2.15. The van der Waals surface area contributed by atoms with Crippen molar-refractivity contribution in [2.24, 2.45) is 0 Å². The molecule has 0 aromatic heterocycles. The lowest BCUT2D eigenvalue weighted by molar-refractivity contribution is -0.133. The predicted octanol–water partition coefficient (Wildman–Crippen LogP) is 2.41. The van der Waals surface area contributed by atoms with E-state index < -0.39 is 17.9 Å². The number of urea groups is 1. The third-order valence-electron chi connectivity index (χ3n) is 2.57. The Morgan fingerprint density at radius 1 is 1.10 bits per heavy atom. The van der Waals surface area contributed by atoms with E-state index >= 15 is 0 Å². The molecule has 0 aliphatic rings. The Balaban J connectivity index is 2.73. The summed E-state index contributed by atoms with van der Waals surface area (Å²) in [5, 5.41) is 13.5. The van der Waals surface area contributed by atoms with Crippen molar-refractivity contribution in [2.45, 2.75) is 13.8 Å². The molecule has 0 fully saturated rings. The van der Waals surface area contributed by atoms with Gasteiger partial charge in [-0.25, -0.2) is 9.59 Å². The Kier molecular flexibility index (Phi) is 5.28. The van der Waals surface area contributed by atoms with Gasteiger partial charge < -0.3 is 10.4 Å². The molecule has 0 bridgehead atoms. The summed E-state index contributed by atoms with van der Waals surface area (Å²) in [6.07, 6.45) is 0. The number of nitrogens with one attached hydrogen (secondary N) is 2. The molecule has 3 amide bonds. The normalized spacial score (nSPS) is 11.3. The van der Waals surface area contributed by atoms with E-state index in [2.05, 4.69) is 5.32 Å². The molecular formula is C13H13ClN2O4. The number of benzene rings is 1. The fraction of sp³-hybridized carbons (Fsp3) is 0.154. The van der Waals surface area contributed by atoms with Gasteiger partial charge in [0.2, 0.25) is 0 Å². The molecule has 0 atom stereocenters. The molecule has 1 rings (SSSR count). The topological polar surface area (TPSA) is 95.5 Å². The van der Waals surface area contributed by atoms with Crippen molar-refractivity contribution in [2.75, 3.05) is 5.32 Å². The fourth-order valence-corrected chi connectivity index (χ4v) is 1.43. The van der Waals surface area contributed by atoms with Crippen molar-refractivity contribution >= 4 is 35.2 Å². The number of aliphatic carboxylic acids is 1. The number of hydrogen-bond acceptors (Lipinski definition) is 3. The monoisotopic (exact) mass is 296 g/mol. The van der Waals surface area contributed by atoms with E-state index in [9.17, 15) is 14.4 Å². The minimum Gasteiger partial charge on any atom is -0.478 e. The average molecular weight is 297 g/mol. The summed E-state index contributed by atoms with van der Waals surface area (Å²) in [6.45, 7) is 2.60. The number of carboxylic acids is 1. The number of carbonyl (C=O) groups is 3. The van der Waals surface area contributed by atoms with E-state index in [1.165, 1.54) is 13.8 Å². The first-order valence-corrected chi connectivity index (χ1v) is 5.98. The molecule has 0 heterocycles. The number of halogens is 1. The van der Waals surface area contributed by atoms with Crippen LogP contribution >= 0.6 is 11.6 Å². The molecule has 1 aromatic carbocycles. The van der Waals surface area contributed by atoms with Crippen molar-refractivity contribution in [3.05, 3.63) is 40.4 Å². The maximum Gasteiger partial charge on any atom is 0.331 e.